The van der Waals surface area contributed by atoms with Gasteiger partial charge in [0, 0.05) is 9.35 Å². The van der Waals surface area contributed by atoms with Crippen LogP contribution >= 0.6 is 54.8 Å². The summed E-state index contributed by atoms with van der Waals surface area (Å²) < 4.78 is 1.79. The molecule has 0 N–H and O–H groups in total. The summed E-state index contributed by atoms with van der Waals surface area (Å²) in [5.41, 5.74) is 1.33. The zero-order valence-corrected chi connectivity index (χ0v) is 13.9. The Labute approximate surface area is 127 Å². The Morgan fingerprint density at radius 2 is 1.88 bits per heavy atom. The van der Waals surface area contributed by atoms with E-state index >= 15 is 0 Å². The molecule has 2 rings (SSSR count). The Morgan fingerprint density at radius 1 is 1.24 bits per heavy atom. The Bertz CT molecular complexity index is 476. The van der Waals surface area contributed by atoms with E-state index in [1.165, 1.54) is 10.4 Å². The number of hydrogen-bond donors (Lipinski definition) is 0. The molecule has 0 aliphatic carbocycles. The van der Waals surface area contributed by atoms with Crippen molar-refractivity contribution in [2.24, 2.45) is 0 Å². The summed E-state index contributed by atoms with van der Waals surface area (Å²) >= 11 is 14.9. The van der Waals surface area contributed by atoms with Crippen molar-refractivity contribution in [1.29, 1.82) is 0 Å². The van der Waals surface area contributed by atoms with E-state index in [1.807, 2.05) is 6.07 Å². The second-order valence-corrected chi connectivity index (χ2v) is 7.40. The first-order chi connectivity index (χ1) is 8.09. The van der Waals surface area contributed by atoms with Gasteiger partial charge in [-0.25, -0.2) is 0 Å². The van der Waals surface area contributed by atoms with Gasteiger partial charge in [-0.3, -0.25) is 0 Å². The van der Waals surface area contributed by atoms with Crippen LogP contribution in [0.15, 0.2) is 40.9 Å². The summed E-state index contributed by atoms with van der Waals surface area (Å²) in [7, 11) is 0. The van der Waals surface area contributed by atoms with Crippen LogP contribution in [-0.4, -0.2) is 0 Å². The highest BCUT2D eigenvalue weighted by Crippen LogP contribution is 2.44. The van der Waals surface area contributed by atoms with Crippen molar-refractivity contribution in [3.8, 4) is 0 Å². The van der Waals surface area contributed by atoms with Gasteiger partial charge in [-0.15, -0.1) is 11.3 Å². The molecule has 0 amide bonds. The van der Waals surface area contributed by atoms with Gasteiger partial charge in [-0.05, 0) is 33.5 Å². The highest BCUT2D eigenvalue weighted by atomic mass is 79.9. The van der Waals surface area contributed by atoms with Gasteiger partial charge in [0.15, 0.2) is 0 Å². The molecule has 2 unspecified atom stereocenters. The van der Waals surface area contributed by atoms with Crippen molar-refractivity contribution in [2.75, 3.05) is 0 Å². The number of benzene rings is 1. The third kappa shape index (κ3) is 3.14. The van der Waals surface area contributed by atoms with Gasteiger partial charge in [0.1, 0.15) is 4.34 Å². The molecule has 0 fully saturated rings. The van der Waals surface area contributed by atoms with Gasteiger partial charge in [-0.2, -0.15) is 0 Å². The quantitative estimate of drug-likeness (QED) is 0.528. The molecule has 0 spiro atoms. The van der Waals surface area contributed by atoms with E-state index in [0.29, 0.717) is 10.7 Å². The molecule has 0 aliphatic heterocycles. The van der Waals surface area contributed by atoms with Gasteiger partial charge in [0.25, 0.3) is 0 Å². The van der Waals surface area contributed by atoms with Crippen LogP contribution in [0.2, 0.25) is 4.34 Å². The molecule has 0 bridgehead atoms. The van der Waals surface area contributed by atoms with Gasteiger partial charge in [-0.1, -0.05) is 64.8 Å². The molecule has 1 aromatic carbocycles. The second kappa shape index (κ2) is 5.87. The molecular weight excluding hydrogens is 383 g/mol. The van der Waals surface area contributed by atoms with Crippen LogP contribution in [0.4, 0.5) is 0 Å². The summed E-state index contributed by atoms with van der Waals surface area (Å²) in [6, 6.07) is 12.6. The highest BCUT2D eigenvalue weighted by Gasteiger charge is 2.20. The van der Waals surface area contributed by atoms with E-state index in [0.717, 1.165) is 8.81 Å². The average Bonchev–Trinajstić information content (AvgIpc) is 2.69. The van der Waals surface area contributed by atoms with Crippen LogP contribution in [0.5, 0.6) is 0 Å². The Kier molecular flexibility index (Phi) is 4.70. The van der Waals surface area contributed by atoms with Crippen molar-refractivity contribution in [3.05, 3.63) is 55.6 Å². The SMILES string of the molecule is CC(c1ccccc1)C(Br)c1cc(Br)c(Cl)s1. The van der Waals surface area contributed by atoms with Gasteiger partial charge in [0.05, 0.1) is 4.83 Å². The predicted octanol–water partition coefficient (Wildman–Crippen LogP) is 6.40. The van der Waals surface area contributed by atoms with Gasteiger partial charge in [0.2, 0.25) is 0 Å². The fourth-order valence-corrected chi connectivity index (χ4v) is 4.21. The fourth-order valence-electron chi connectivity index (χ4n) is 1.67. The van der Waals surface area contributed by atoms with Crippen LogP contribution in [0.25, 0.3) is 0 Å². The monoisotopic (exact) mass is 392 g/mol. The zero-order valence-electron chi connectivity index (χ0n) is 9.16. The van der Waals surface area contributed by atoms with E-state index in [9.17, 15) is 0 Å². The van der Waals surface area contributed by atoms with Crippen LogP contribution in [0.3, 0.4) is 0 Å². The second-order valence-electron chi connectivity index (χ2n) is 3.87. The first-order valence-electron chi connectivity index (χ1n) is 5.23. The molecule has 0 aliphatic rings. The topological polar surface area (TPSA) is 0 Å². The molecule has 17 heavy (non-hydrogen) atoms. The third-order valence-corrected chi connectivity index (χ3v) is 6.85. The minimum atomic E-state index is 0.290. The summed E-state index contributed by atoms with van der Waals surface area (Å²) in [4.78, 5) is 1.54. The van der Waals surface area contributed by atoms with Crippen molar-refractivity contribution < 1.29 is 0 Å². The van der Waals surface area contributed by atoms with Crippen LogP contribution in [0.1, 0.15) is 28.1 Å². The standard InChI is InChI=1S/C13H11Br2ClS/c1-8(9-5-3-2-4-6-9)12(15)11-7-10(14)13(16)17-11/h2-8,12H,1H3. The Hall–Kier alpha value is 0.170. The number of halogens is 3. The summed E-state index contributed by atoms with van der Waals surface area (Å²) in [6.45, 7) is 2.22. The summed E-state index contributed by atoms with van der Waals surface area (Å²) in [6.07, 6.45) is 0. The lowest BCUT2D eigenvalue weighted by Gasteiger charge is -2.17. The maximum Gasteiger partial charge on any atom is 0.107 e. The Balaban J connectivity index is 2.23. The largest absolute Gasteiger partial charge is 0.126 e. The summed E-state index contributed by atoms with van der Waals surface area (Å²) in [5, 5.41) is 0. The smallest absolute Gasteiger partial charge is 0.107 e. The highest BCUT2D eigenvalue weighted by molar-refractivity contribution is 9.10. The lowest BCUT2D eigenvalue weighted by atomic mass is 9.97. The summed E-state index contributed by atoms with van der Waals surface area (Å²) in [5.74, 6) is 0.415. The minimum absolute atomic E-state index is 0.290. The number of alkyl halides is 1. The Morgan fingerprint density at radius 3 is 2.41 bits per heavy atom. The van der Waals surface area contributed by atoms with Crippen molar-refractivity contribution in [1.82, 2.24) is 0 Å². The first kappa shape index (κ1) is 13.6. The molecule has 2 atom stereocenters. The molecule has 1 aromatic heterocycles. The van der Waals surface area contributed by atoms with Gasteiger partial charge < -0.3 is 0 Å². The first-order valence-corrected chi connectivity index (χ1v) is 8.13. The molecule has 4 heteroatoms. The van der Waals surface area contributed by atoms with Gasteiger partial charge >= 0.3 is 0 Å². The zero-order chi connectivity index (χ0) is 12.4. The van der Waals surface area contributed by atoms with Crippen LogP contribution < -0.4 is 0 Å². The maximum atomic E-state index is 6.07. The van der Waals surface area contributed by atoms with Crippen molar-refractivity contribution >= 4 is 54.8 Å². The molecule has 90 valence electrons. The maximum absolute atomic E-state index is 6.07. The van der Waals surface area contributed by atoms with Crippen molar-refractivity contribution in [2.45, 2.75) is 17.7 Å². The minimum Gasteiger partial charge on any atom is -0.126 e. The van der Waals surface area contributed by atoms with Crippen molar-refractivity contribution in [3.63, 3.8) is 0 Å². The molecule has 0 saturated heterocycles. The van der Waals surface area contributed by atoms with E-state index in [2.05, 4.69) is 69.1 Å². The van der Waals surface area contributed by atoms with Crippen LogP contribution in [0, 0.1) is 0 Å². The van der Waals surface area contributed by atoms with E-state index in [1.54, 1.807) is 11.3 Å². The molecule has 0 saturated carbocycles. The number of hydrogen-bond acceptors (Lipinski definition) is 1. The van der Waals surface area contributed by atoms with Crippen LogP contribution in [-0.2, 0) is 0 Å². The molecule has 2 aromatic rings. The normalized spacial score (nSPS) is 14.6. The van der Waals surface area contributed by atoms with E-state index in [-0.39, 0.29) is 0 Å². The molecular formula is C13H11Br2ClS. The average molecular weight is 395 g/mol. The predicted molar refractivity (Wildman–Crippen MR) is 83.6 cm³/mol. The van der Waals surface area contributed by atoms with E-state index in [4.69, 9.17) is 11.6 Å². The number of rotatable bonds is 3. The number of thiophene rings is 1. The lowest BCUT2D eigenvalue weighted by Crippen LogP contribution is -2.00. The van der Waals surface area contributed by atoms with E-state index < -0.39 is 0 Å². The third-order valence-electron chi connectivity index (χ3n) is 2.70. The fraction of sp³-hybridized carbons (Fsp3) is 0.231. The molecule has 0 radical (unpaired) electrons. The lowest BCUT2D eigenvalue weighted by molar-refractivity contribution is 0.761. The molecule has 0 nitrogen and oxygen atoms in total. The molecule has 1 heterocycles.